The predicted octanol–water partition coefficient (Wildman–Crippen LogP) is 2.84. The first-order valence-electron chi connectivity index (χ1n) is 6.01. The molecule has 0 fully saturated rings. The zero-order valence-electron chi connectivity index (χ0n) is 10.5. The first-order valence-corrected chi connectivity index (χ1v) is 6.01. The van der Waals surface area contributed by atoms with Gasteiger partial charge >= 0.3 is 0 Å². The molecule has 0 aliphatic heterocycles. The third-order valence-electron chi connectivity index (χ3n) is 2.46. The molecule has 0 aliphatic carbocycles. The molecule has 1 aromatic heterocycles. The number of pyridine rings is 1. The van der Waals surface area contributed by atoms with E-state index in [0.29, 0.717) is 18.3 Å². The van der Waals surface area contributed by atoms with E-state index < -0.39 is 0 Å². The highest BCUT2D eigenvalue weighted by atomic mass is 16.5. The molecule has 0 saturated carbocycles. The molecular weight excluding hydrogens is 200 g/mol. The van der Waals surface area contributed by atoms with Gasteiger partial charge in [0.25, 0.3) is 0 Å². The summed E-state index contributed by atoms with van der Waals surface area (Å²) in [4.78, 5) is 4.47. The monoisotopic (exact) mass is 222 g/mol. The number of unbranched alkanes of at least 4 members (excludes halogenated alkanes) is 1. The van der Waals surface area contributed by atoms with Crippen molar-refractivity contribution in [2.24, 2.45) is 5.73 Å². The van der Waals surface area contributed by atoms with E-state index in [9.17, 15) is 0 Å². The average Bonchev–Trinajstić information content (AvgIpc) is 2.29. The molecule has 0 radical (unpaired) electrons. The van der Waals surface area contributed by atoms with Gasteiger partial charge < -0.3 is 10.5 Å². The van der Waals surface area contributed by atoms with Gasteiger partial charge in [0.1, 0.15) is 0 Å². The van der Waals surface area contributed by atoms with Crippen molar-refractivity contribution in [3.8, 4) is 5.88 Å². The molecule has 1 heterocycles. The number of aromatic nitrogens is 1. The van der Waals surface area contributed by atoms with Crippen molar-refractivity contribution in [3.63, 3.8) is 0 Å². The predicted molar refractivity (Wildman–Crippen MR) is 66.6 cm³/mol. The topological polar surface area (TPSA) is 48.1 Å². The Morgan fingerprint density at radius 3 is 2.69 bits per heavy atom. The van der Waals surface area contributed by atoms with E-state index in [4.69, 9.17) is 10.5 Å². The molecule has 90 valence electrons. The Balaban J connectivity index is 2.78. The van der Waals surface area contributed by atoms with Crippen LogP contribution in [0.4, 0.5) is 0 Å². The van der Waals surface area contributed by atoms with Gasteiger partial charge in [-0.15, -0.1) is 0 Å². The number of rotatable bonds is 6. The van der Waals surface area contributed by atoms with Gasteiger partial charge in [-0.2, -0.15) is 0 Å². The summed E-state index contributed by atoms with van der Waals surface area (Å²) in [7, 11) is 0. The van der Waals surface area contributed by atoms with Crippen LogP contribution in [0.1, 0.15) is 50.8 Å². The molecule has 0 aliphatic rings. The van der Waals surface area contributed by atoms with E-state index in [-0.39, 0.29) is 0 Å². The fraction of sp³-hybridized carbons (Fsp3) is 0.615. The Bertz CT molecular complexity index is 324. The molecule has 0 saturated heterocycles. The van der Waals surface area contributed by atoms with Gasteiger partial charge in [-0.1, -0.05) is 27.2 Å². The van der Waals surface area contributed by atoms with E-state index >= 15 is 0 Å². The van der Waals surface area contributed by atoms with E-state index in [1.165, 1.54) is 0 Å². The van der Waals surface area contributed by atoms with Crippen molar-refractivity contribution in [1.82, 2.24) is 4.98 Å². The van der Waals surface area contributed by atoms with Crippen molar-refractivity contribution in [1.29, 1.82) is 0 Å². The Morgan fingerprint density at radius 1 is 1.38 bits per heavy atom. The summed E-state index contributed by atoms with van der Waals surface area (Å²) in [5, 5.41) is 0. The first kappa shape index (κ1) is 13.0. The normalized spacial score (nSPS) is 10.8. The molecule has 0 unspecified atom stereocenters. The Labute approximate surface area is 98.0 Å². The average molecular weight is 222 g/mol. The van der Waals surface area contributed by atoms with Gasteiger partial charge in [0.2, 0.25) is 5.88 Å². The number of nitrogens with two attached hydrogens (primary N) is 1. The van der Waals surface area contributed by atoms with Gasteiger partial charge in [0, 0.05) is 18.3 Å². The van der Waals surface area contributed by atoms with Crippen LogP contribution in [0.2, 0.25) is 0 Å². The summed E-state index contributed by atoms with van der Waals surface area (Å²) < 4.78 is 5.61. The standard InChI is InChI=1S/C13H22N2O/c1-4-5-6-16-13-8-11(9-14)7-12(15-13)10(2)3/h7-8,10H,4-6,9,14H2,1-3H3. The lowest BCUT2D eigenvalue weighted by Gasteiger charge is -2.11. The Morgan fingerprint density at radius 2 is 2.12 bits per heavy atom. The van der Waals surface area contributed by atoms with Gasteiger partial charge in [-0.05, 0) is 24.0 Å². The summed E-state index contributed by atoms with van der Waals surface area (Å²) in [5.74, 6) is 1.11. The second-order valence-electron chi connectivity index (χ2n) is 4.30. The van der Waals surface area contributed by atoms with Gasteiger partial charge in [0.15, 0.2) is 0 Å². The minimum absolute atomic E-state index is 0.403. The molecule has 0 bridgehead atoms. The van der Waals surface area contributed by atoms with E-state index in [1.807, 2.05) is 6.07 Å². The van der Waals surface area contributed by atoms with Crippen molar-refractivity contribution in [2.75, 3.05) is 6.61 Å². The van der Waals surface area contributed by atoms with Crippen LogP contribution in [0, 0.1) is 0 Å². The Kier molecular flexibility index (Phi) is 5.26. The van der Waals surface area contributed by atoms with E-state index in [2.05, 4.69) is 31.8 Å². The van der Waals surface area contributed by atoms with Crippen LogP contribution in [-0.2, 0) is 6.54 Å². The molecule has 3 nitrogen and oxygen atoms in total. The lowest BCUT2D eigenvalue weighted by Crippen LogP contribution is -2.05. The van der Waals surface area contributed by atoms with Crippen LogP contribution in [-0.4, -0.2) is 11.6 Å². The fourth-order valence-electron chi connectivity index (χ4n) is 1.39. The van der Waals surface area contributed by atoms with Crippen molar-refractivity contribution in [2.45, 2.75) is 46.1 Å². The largest absolute Gasteiger partial charge is 0.478 e. The molecular formula is C13H22N2O. The fourth-order valence-corrected chi connectivity index (χ4v) is 1.39. The summed E-state index contributed by atoms with van der Waals surface area (Å²) in [5.41, 5.74) is 7.80. The van der Waals surface area contributed by atoms with Crippen LogP contribution < -0.4 is 10.5 Å². The minimum Gasteiger partial charge on any atom is -0.478 e. The third kappa shape index (κ3) is 3.81. The minimum atomic E-state index is 0.403. The van der Waals surface area contributed by atoms with Gasteiger partial charge in [-0.3, -0.25) is 0 Å². The summed E-state index contributed by atoms with van der Waals surface area (Å²) in [6.07, 6.45) is 2.19. The maximum atomic E-state index is 5.66. The lowest BCUT2D eigenvalue weighted by atomic mass is 10.1. The van der Waals surface area contributed by atoms with E-state index in [0.717, 1.165) is 30.7 Å². The van der Waals surface area contributed by atoms with Crippen LogP contribution in [0.5, 0.6) is 5.88 Å². The van der Waals surface area contributed by atoms with Crippen LogP contribution in [0.3, 0.4) is 0 Å². The highest BCUT2D eigenvalue weighted by molar-refractivity contribution is 5.26. The van der Waals surface area contributed by atoms with Crippen LogP contribution in [0.25, 0.3) is 0 Å². The molecule has 2 N–H and O–H groups in total. The number of ether oxygens (including phenoxy) is 1. The smallest absolute Gasteiger partial charge is 0.213 e. The van der Waals surface area contributed by atoms with Crippen molar-refractivity contribution >= 4 is 0 Å². The molecule has 1 aromatic rings. The zero-order valence-corrected chi connectivity index (χ0v) is 10.5. The zero-order chi connectivity index (χ0) is 12.0. The second-order valence-corrected chi connectivity index (χ2v) is 4.30. The molecule has 16 heavy (non-hydrogen) atoms. The second kappa shape index (κ2) is 6.48. The van der Waals surface area contributed by atoms with Crippen molar-refractivity contribution < 1.29 is 4.74 Å². The summed E-state index contributed by atoms with van der Waals surface area (Å²) in [6.45, 7) is 7.66. The van der Waals surface area contributed by atoms with E-state index in [1.54, 1.807) is 0 Å². The highest BCUT2D eigenvalue weighted by Crippen LogP contribution is 2.18. The van der Waals surface area contributed by atoms with Gasteiger partial charge in [-0.25, -0.2) is 4.98 Å². The Hall–Kier alpha value is -1.09. The maximum absolute atomic E-state index is 5.66. The maximum Gasteiger partial charge on any atom is 0.213 e. The number of hydrogen-bond acceptors (Lipinski definition) is 3. The highest BCUT2D eigenvalue weighted by Gasteiger charge is 2.06. The lowest BCUT2D eigenvalue weighted by molar-refractivity contribution is 0.296. The molecule has 1 rings (SSSR count). The molecule has 0 aromatic carbocycles. The first-order chi connectivity index (χ1) is 7.67. The number of hydrogen-bond donors (Lipinski definition) is 1. The summed E-state index contributed by atoms with van der Waals surface area (Å²) in [6, 6.07) is 3.99. The summed E-state index contributed by atoms with van der Waals surface area (Å²) >= 11 is 0. The molecule has 0 spiro atoms. The van der Waals surface area contributed by atoms with Crippen LogP contribution >= 0.6 is 0 Å². The van der Waals surface area contributed by atoms with Crippen molar-refractivity contribution in [3.05, 3.63) is 23.4 Å². The third-order valence-corrected chi connectivity index (χ3v) is 2.46. The quantitative estimate of drug-likeness (QED) is 0.753. The number of nitrogens with zero attached hydrogens (tertiary/aromatic N) is 1. The van der Waals surface area contributed by atoms with Crippen LogP contribution in [0.15, 0.2) is 12.1 Å². The molecule has 3 heteroatoms. The molecule has 0 atom stereocenters. The molecule has 0 amide bonds. The van der Waals surface area contributed by atoms with Gasteiger partial charge in [0.05, 0.1) is 6.61 Å². The SMILES string of the molecule is CCCCOc1cc(CN)cc(C(C)C)n1.